The van der Waals surface area contributed by atoms with Crippen LogP contribution in [0.1, 0.15) is 15.9 Å². The highest BCUT2D eigenvalue weighted by molar-refractivity contribution is 7.98. The van der Waals surface area contributed by atoms with Crippen molar-refractivity contribution < 1.29 is 23.8 Å². The Kier molecular flexibility index (Phi) is 5.18. The number of thioether (sulfide) groups is 1. The number of methoxy groups -OCH3 is 2. The van der Waals surface area contributed by atoms with E-state index in [1.807, 2.05) is 0 Å². The van der Waals surface area contributed by atoms with Crippen LogP contribution in [0.5, 0.6) is 11.5 Å². The fraction of sp³-hybridized carbons (Fsp3) is 0.158. The Bertz CT molecular complexity index is 1020. The number of benzene rings is 2. The zero-order valence-corrected chi connectivity index (χ0v) is 15.0. The number of ether oxygens (including phenoxy) is 2. The van der Waals surface area contributed by atoms with Gasteiger partial charge in [0.25, 0.3) is 0 Å². The number of aromatic carboxylic acids is 1. The molecule has 2 aromatic carbocycles. The molecule has 0 aliphatic heterocycles. The minimum atomic E-state index is -0.989. The summed E-state index contributed by atoms with van der Waals surface area (Å²) in [6.07, 6.45) is 0. The summed E-state index contributed by atoms with van der Waals surface area (Å²) < 4.78 is 15.8. The number of hydrogen-bond donors (Lipinski definition) is 1. The van der Waals surface area contributed by atoms with E-state index < -0.39 is 11.6 Å². The van der Waals surface area contributed by atoms with Crippen LogP contribution < -0.4 is 15.1 Å². The van der Waals surface area contributed by atoms with Gasteiger partial charge in [0.1, 0.15) is 5.58 Å². The number of carboxylic acid groups (broad SMARTS) is 1. The maximum absolute atomic E-state index is 11.9. The average Bonchev–Trinajstić information content (AvgIpc) is 2.65. The van der Waals surface area contributed by atoms with Gasteiger partial charge in [-0.05, 0) is 23.8 Å². The molecular formula is C19H16O6S. The van der Waals surface area contributed by atoms with Crippen LogP contribution >= 0.6 is 11.8 Å². The zero-order chi connectivity index (χ0) is 18.7. The van der Waals surface area contributed by atoms with Crippen molar-refractivity contribution in [3.8, 4) is 11.5 Å². The van der Waals surface area contributed by atoms with Crippen LogP contribution in [0.25, 0.3) is 11.0 Å². The van der Waals surface area contributed by atoms with Crippen molar-refractivity contribution in [2.75, 3.05) is 14.2 Å². The van der Waals surface area contributed by atoms with Gasteiger partial charge in [-0.15, -0.1) is 11.8 Å². The number of carbonyl (C=O) groups is 1. The van der Waals surface area contributed by atoms with Gasteiger partial charge >= 0.3 is 11.6 Å². The maximum atomic E-state index is 11.9. The lowest BCUT2D eigenvalue weighted by atomic mass is 10.1. The molecule has 0 fully saturated rings. The maximum Gasteiger partial charge on any atom is 0.336 e. The number of hydrogen-bond acceptors (Lipinski definition) is 6. The quantitative estimate of drug-likeness (QED) is 0.520. The number of carboxylic acids is 1. The first-order valence-electron chi connectivity index (χ1n) is 7.67. The summed E-state index contributed by atoms with van der Waals surface area (Å²) in [4.78, 5) is 23.9. The van der Waals surface area contributed by atoms with E-state index in [4.69, 9.17) is 13.9 Å². The molecule has 0 amide bonds. The van der Waals surface area contributed by atoms with Gasteiger partial charge < -0.3 is 19.0 Å². The second-order valence-corrected chi connectivity index (χ2v) is 6.40. The Morgan fingerprint density at radius 3 is 2.50 bits per heavy atom. The molecular weight excluding hydrogens is 356 g/mol. The van der Waals surface area contributed by atoms with Crippen molar-refractivity contribution in [2.24, 2.45) is 0 Å². The molecule has 6 nitrogen and oxygen atoms in total. The van der Waals surface area contributed by atoms with Crippen LogP contribution in [0.2, 0.25) is 0 Å². The summed E-state index contributed by atoms with van der Waals surface area (Å²) in [6.45, 7) is 0. The minimum Gasteiger partial charge on any atom is -0.493 e. The summed E-state index contributed by atoms with van der Waals surface area (Å²) in [6, 6.07) is 11.5. The molecule has 3 rings (SSSR count). The van der Waals surface area contributed by atoms with Crippen molar-refractivity contribution in [3.63, 3.8) is 0 Å². The van der Waals surface area contributed by atoms with Crippen LogP contribution in [0.15, 0.2) is 56.6 Å². The van der Waals surface area contributed by atoms with Crippen molar-refractivity contribution >= 4 is 28.7 Å². The van der Waals surface area contributed by atoms with Gasteiger partial charge in [0, 0.05) is 28.2 Å². The minimum absolute atomic E-state index is 0.226. The van der Waals surface area contributed by atoms with Gasteiger partial charge in [0.05, 0.1) is 19.8 Å². The molecule has 26 heavy (non-hydrogen) atoms. The van der Waals surface area contributed by atoms with E-state index in [2.05, 4.69) is 0 Å². The SMILES string of the molecule is COc1cc2oc(=O)cc(CSc3ccccc3C(=O)O)c2cc1OC. The summed E-state index contributed by atoms with van der Waals surface area (Å²) in [5.41, 5.74) is 0.857. The van der Waals surface area contributed by atoms with Crippen molar-refractivity contribution in [2.45, 2.75) is 10.6 Å². The largest absolute Gasteiger partial charge is 0.493 e. The summed E-state index contributed by atoms with van der Waals surface area (Å²) in [5, 5.41) is 10.0. The highest BCUT2D eigenvalue weighted by atomic mass is 32.2. The summed E-state index contributed by atoms with van der Waals surface area (Å²) in [5.74, 6) is 0.397. The molecule has 0 aliphatic carbocycles. The molecule has 134 valence electrons. The molecule has 1 N–H and O–H groups in total. The normalized spacial score (nSPS) is 10.7. The summed E-state index contributed by atoms with van der Waals surface area (Å²) >= 11 is 1.34. The second kappa shape index (κ2) is 7.53. The van der Waals surface area contributed by atoms with Crippen LogP contribution in [0.4, 0.5) is 0 Å². The summed E-state index contributed by atoms with van der Waals surface area (Å²) in [7, 11) is 3.03. The Labute approximate surface area is 153 Å². The predicted octanol–water partition coefficient (Wildman–Crippen LogP) is 3.80. The Hall–Kier alpha value is -2.93. The number of fused-ring (bicyclic) bond motifs is 1. The van der Waals surface area contributed by atoms with Crippen LogP contribution in [-0.4, -0.2) is 25.3 Å². The van der Waals surface area contributed by atoms with Gasteiger partial charge in [0.2, 0.25) is 0 Å². The monoisotopic (exact) mass is 372 g/mol. The molecule has 0 saturated heterocycles. The Morgan fingerprint density at radius 1 is 1.12 bits per heavy atom. The zero-order valence-electron chi connectivity index (χ0n) is 14.1. The molecule has 1 aromatic heterocycles. The predicted molar refractivity (Wildman–Crippen MR) is 98.6 cm³/mol. The van der Waals surface area contributed by atoms with Crippen LogP contribution in [0.3, 0.4) is 0 Å². The molecule has 0 spiro atoms. The topological polar surface area (TPSA) is 86.0 Å². The van der Waals surface area contributed by atoms with Gasteiger partial charge in [-0.25, -0.2) is 9.59 Å². The smallest absolute Gasteiger partial charge is 0.336 e. The molecule has 7 heteroatoms. The average molecular weight is 372 g/mol. The number of rotatable bonds is 6. The lowest BCUT2D eigenvalue weighted by molar-refractivity contribution is 0.0693. The van der Waals surface area contributed by atoms with Gasteiger partial charge in [-0.3, -0.25) is 0 Å². The van der Waals surface area contributed by atoms with Crippen molar-refractivity contribution in [1.82, 2.24) is 0 Å². The highest BCUT2D eigenvalue weighted by Crippen LogP contribution is 2.35. The highest BCUT2D eigenvalue weighted by Gasteiger charge is 2.14. The lowest BCUT2D eigenvalue weighted by Gasteiger charge is -2.11. The molecule has 0 bridgehead atoms. The van der Waals surface area contributed by atoms with E-state index in [1.54, 1.807) is 36.4 Å². The molecule has 0 saturated carbocycles. The van der Waals surface area contributed by atoms with Gasteiger partial charge in [0.15, 0.2) is 11.5 Å². The third-order valence-electron chi connectivity index (χ3n) is 3.83. The van der Waals surface area contributed by atoms with Crippen molar-refractivity contribution in [3.05, 3.63) is 64.0 Å². The fourth-order valence-electron chi connectivity index (χ4n) is 2.60. The molecule has 0 atom stereocenters. The van der Waals surface area contributed by atoms with E-state index in [1.165, 1.54) is 32.0 Å². The first-order chi connectivity index (χ1) is 12.5. The first-order valence-corrected chi connectivity index (χ1v) is 8.66. The Morgan fingerprint density at radius 2 is 1.81 bits per heavy atom. The molecule has 1 heterocycles. The van der Waals surface area contributed by atoms with Crippen LogP contribution in [-0.2, 0) is 5.75 Å². The van der Waals surface area contributed by atoms with Crippen LogP contribution in [0, 0.1) is 0 Å². The lowest BCUT2D eigenvalue weighted by Crippen LogP contribution is -2.02. The standard InChI is InChI=1S/C19H16O6S/c1-23-15-8-13-11(7-18(20)25-14(13)9-16(15)24-2)10-26-17-6-4-3-5-12(17)19(21)22/h3-9H,10H2,1-2H3,(H,21,22). The molecule has 0 radical (unpaired) electrons. The van der Waals surface area contributed by atoms with Crippen molar-refractivity contribution in [1.29, 1.82) is 0 Å². The third kappa shape index (κ3) is 3.52. The third-order valence-corrected chi connectivity index (χ3v) is 4.96. The van der Waals surface area contributed by atoms with E-state index in [-0.39, 0.29) is 5.56 Å². The molecule has 3 aromatic rings. The molecule has 0 unspecified atom stereocenters. The van der Waals surface area contributed by atoms with E-state index in [0.29, 0.717) is 33.1 Å². The van der Waals surface area contributed by atoms with Gasteiger partial charge in [-0.1, -0.05) is 12.1 Å². The Balaban J connectivity index is 2.03. The first kappa shape index (κ1) is 17.9. The molecule has 0 aliphatic rings. The van der Waals surface area contributed by atoms with Gasteiger partial charge in [-0.2, -0.15) is 0 Å². The second-order valence-electron chi connectivity index (χ2n) is 5.38. The van der Waals surface area contributed by atoms with E-state index in [0.717, 1.165) is 5.56 Å². The van der Waals surface area contributed by atoms with E-state index >= 15 is 0 Å². The van der Waals surface area contributed by atoms with E-state index in [9.17, 15) is 14.7 Å². The fourth-order valence-corrected chi connectivity index (χ4v) is 3.63.